The molecule has 2 rings (SSSR count). The third kappa shape index (κ3) is 3.17. The molecule has 0 aliphatic rings. The summed E-state index contributed by atoms with van der Waals surface area (Å²) in [4.78, 5) is 4.63. The number of rotatable bonds is 5. The number of fused-ring (bicyclic) bond motifs is 1. The molecule has 0 saturated carbocycles. The molecule has 19 heavy (non-hydrogen) atoms. The Labute approximate surface area is 118 Å². The van der Waals surface area contributed by atoms with Gasteiger partial charge < -0.3 is 10.5 Å². The van der Waals surface area contributed by atoms with Gasteiger partial charge in [-0.1, -0.05) is 11.6 Å². The molecule has 1 heterocycles. The highest BCUT2D eigenvalue weighted by molar-refractivity contribution is 6.31. The number of pyridine rings is 1. The van der Waals surface area contributed by atoms with Crippen LogP contribution in [0.2, 0.25) is 5.02 Å². The van der Waals surface area contributed by atoms with Crippen molar-refractivity contribution in [3.05, 3.63) is 34.5 Å². The van der Waals surface area contributed by atoms with Gasteiger partial charge in [-0.25, -0.2) is 0 Å². The Morgan fingerprint density at radius 3 is 2.74 bits per heavy atom. The number of hydrogen-bond acceptors (Lipinski definition) is 3. The second kappa shape index (κ2) is 6.22. The molecule has 0 radical (unpaired) electrons. The Balaban J connectivity index is 2.53. The number of aryl methyl sites for hydroxylation is 2. The number of hydrogen-bond donors (Lipinski definition) is 1. The molecule has 0 aliphatic carbocycles. The van der Waals surface area contributed by atoms with E-state index in [9.17, 15) is 0 Å². The van der Waals surface area contributed by atoms with E-state index in [1.807, 2.05) is 25.1 Å². The van der Waals surface area contributed by atoms with Gasteiger partial charge in [-0.3, -0.25) is 4.98 Å². The fourth-order valence-corrected chi connectivity index (χ4v) is 2.51. The monoisotopic (exact) mass is 278 g/mol. The lowest BCUT2D eigenvalue weighted by Crippen LogP contribution is -2.00. The number of nitrogens with two attached hydrogens (primary N) is 1. The van der Waals surface area contributed by atoms with E-state index in [1.165, 1.54) is 0 Å². The van der Waals surface area contributed by atoms with E-state index >= 15 is 0 Å². The third-order valence-electron chi connectivity index (χ3n) is 3.17. The normalized spacial score (nSPS) is 10.9. The van der Waals surface area contributed by atoms with Crippen LogP contribution in [0.4, 0.5) is 0 Å². The minimum Gasteiger partial charge on any atom is -0.496 e. The van der Waals surface area contributed by atoms with Crippen LogP contribution in [-0.4, -0.2) is 18.6 Å². The van der Waals surface area contributed by atoms with Gasteiger partial charge in [0.25, 0.3) is 0 Å². The van der Waals surface area contributed by atoms with Crippen LogP contribution in [0, 0.1) is 6.92 Å². The molecule has 3 nitrogen and oxygen atoms in total. The van der Waals surface area contributed by atoms with Crippen molar-refractivity contribution < 1.29 is 4.74 Å². The Kier molecular flexibility index (Phi) is 4.61. The number of halogens is 1. The molecule has 1 aromatic heterocycles. The van der Waals surface area contributed by atoms with Gasteiger partial charge in [-0.05, 0) is 50.4 Å². The largest absolute Gasteiger partial charge is 0.496 e. The Morgan fingerprint density at radius 1 is 1.26 bits per heavy atom. The number of ether oxygens (including phenoxy) is 1. The molecule has 0 fully saturated rings. The van der Waals surface area contributed by atoms with E-state index in [2.05, 4.69) is 4.98 Å². The fourth-order valence-electron chi connectivity index (χ4n) is 2.27. The topological polar surface area (TPSA) is 48.1 Å². The summed E-state index contributed by atoms with van der Waals surface area (Å²) in [6.45, 7) is 2.69. The van der Waals surface area contributed by atoms with Crippen molar-refractivity contribution in [3.8, 4) is 5.75 Å². The highest BCUT2D eigenvalue weighted by Gasteiger charge is 2.10. The highest BCUT2D eigenvalue weighted by atomic mass is 35.5. The number of unbranched alkanes of at least 4 members (excludes halogenated alkanes) is 1. The lowest BCUT2D eigenvalue weighted by Gasteiger charge is -2.11. The van der Waals surface area contributed by atoms with Crippen molar-refractivity contribution in [2.75, 3.05) is 13.7 Å². The summed E-state index contributed by atoms with van der Waals surface area (Å²) < 4.78 is 5.43. The second-order valence-corrected chi connectivity index (χ2v) is 5.11. The van der Waals surface area contributed by atoms with E-state index in [1.54, 1.807) is 7.11 Å². The van der Waals surface area contributed by atoms with Crippen LogP contribution in [0.15, 0.2) is 18.2 Å². The van der Waals surface area contributed by atoms with Crippen molar-refractivity contribution in [1.82, 2.24) is 4.98 Å². The molecule has 0 saturated heterocycles. The molecule has 0 atom stereocenters. The van der Waals surface area contributed by atoms with E-state index in [4.69, 9.17) is 22.1 Å². The average molecular weight is 279 g/mol. The molecular weight excluding hydrogens is 260 g/mol. The summed E-state index contributed by atoms with van der Waals surface area (Å²) in [6, 6.07) is 5.84. The fraction of sp³-hybridized carbons (Fsp3) is 0.400. The summed E-state index contributed by atoms with van der Waals surface area (Å²) in [7, 11) is 1.67. The van der Waals surface area contributed by atoms with Crippen molar-refractivity contribution >= 4 is 22.5 Å². The van der Waals surface area contributed by atoms with Gasteiger partial charge in [-0.2, -0.15) is 0 Å². The summed E-state index contributed by atoms with van der Waals surface area (Å²) in [5.41, 5.74) is 8.64. The third-order valence-corrected chi connectivity index (χ3v) is 3.39. The van der Waals surface area contributed by atoms with Crippen LogP contribution in [0.25, 0.3) is 10.9 Å². The van der Waals surface area contributed by atoms with Gasteiger partial charge in [0.05, 0.1) is 12.6 Å². The molecule has 2 aromatic rings. The summed E-state index contributed by atoms with van der Waals surface area (Å²) in [5, 5.41) is 1.70. The molecule has 2 N–H and O–H groups in total. The summed E-state index contributed by atoms with van der Waals surface area (Å²) >= 11 is 6.20. The molecule has 102 valence electrons. The van der Waals surface area contributed by atoms with Crippen molar-refractivity contribution in [2.24, 2.45) is 5.73 Å². The standard InChI is InChI=1S/C15H19ClN2O/c1-10-7-14(19-2)13-9-12(16)8-11(15(13)18-10)5-3-4-6-17/h7-9H,3-6,17H2,1-2H3. The van der Waals surface area contributed by atoms with Crippen molar-refractivity contribution in [2.45, 2.75) is 26.2 Å². The van der Waals surface area contributed by atoms with Crippen LogP contribution in [0.1, 0.15) is 24.1 Å². The smallest absolute Gasteiger partial charge is 0.130 e. The lowest BCUT2D eigenvalue weighted by molar-refractivity contribution is 0.419. The van der Waals surface area contributed by atoms with Gasteiger partial charge >= 0.3 is 0 Å². The van der Waals surface area contributed by atoms with Crippen molar-refractivity contribution in [3.63, 3.8) is 0 Å². The quantitative estimate of drug-likeness (QED) is 0.852. The number of nitrogens with zero attached hydrogens (tertiary/aromatic N) is 1. The van der Waals surface area contributed by atoms with Crippen LogP contribution < -0.4 is 10.5 Å². The highest BCUT2D eigenvalue weighted by Crippen LogP contribution is 2.31. The molecule has 0 amide bonds. The van der Waals surface area contributed by atoms with Gasteiger partial charge in [0.15, 0.2) is 0 Å². The van der Waals surface area contributed by atoms with E-state index < -0.39 is 0 Å². The zero-order valence-corrected chi connectivity index (χ0v) is 12.1. The number of methoxy groups -OCH3 is 1. The minimum atomic E-state index is 0.717. The van der Waals surface area contributed by atoms with Gasteiger partial charge in [-0.15, -0.1) is 0 Å². The molecule has 0 aliphatic heterocycles. The molecule has 0 bridgehead atoms. The first-order valence-corrected chi connectivity index (χ1v) is 6.87. The number of benzene rings is 1. The van der Waals surface area contributed by atoms with Gasteiger partial charge in [0.2, 0.25) is 0 Å². The Hall–Kier alpha value is -1.32. The number of aromatic nitrogens is 1. The SMILES string of the molecule is COc1cc(C)nc2c(CCCCN)cc(Cl)cc12. The van der Waals surface area contributed by atoms with Gasteiger partial charge in [0, 0.05) is 22.2 Å². The van der Waals surface area contributed by atoms with Gasteiger partial charge in [0.1, 0.15) is 5.75 Å². The molecule has 0 unspecified atom stereocenters. The van der Waals surface area contributed by atoms with E-state index in [-0.39, 0.29) is 0 Å². The lowest BCUT2D eigenvalue weighted by atomic mass is 10.0. The molecule has 1 aromatic carbocycles. The first-order chi connectivity index (χ1) is 9.15. The van der Waals surface area contributed by atoms with E-state index in [0.717, 1.165) is 52.2 Å². The van der Waals surface area contributed by atoms with Crippen LogP contribution in [0.3, 0.4) is 0 Å². The van der Waals surface area contributed by atoms with Crippen LogP contribution in [-0.2, 0) is 6.42 Å². The minimum absolute atomic E-state index is 0.717. The van der Waals surface area contributed by atoms with Crippen LogP contribution in [0.5, 0.6) is 5.75 Å². The zero-order chi connectivity index (χ0) is 13.8. The van der Waals surface area contributed by atoms with Crippen LogP contribution >= 0.6 is 11.6 Å². The Morgan fingerprint density at radius 2 is 2.05 bits per heavy atom. The maximum atomic E-state index is 6.20. The average Bonchev–Trinajstić information content (AvgIpc) is 2.39. The predicted octanol–water partition coefficient (Wildman–Crippen LogP) is 3.49. The predicted molar refractivity (Wildman–Crippen MR) is 80.0 cm³/mol. The van der Waals surface area contributed by atoms with E-state index in [0.29, 0.717) is 6.54 Å². The first-order valence-electron chi connectivity index (χ1n) is 6.49. The maximum Gasteiger partial charge on any atom is 0.130 e. The maximum absolute atomic E-state index is 6.20. The second-order valence-electron chi connectivity index (χ2n) is 4.67. The zero-order valence-electron chi connectivity index (χ0n) is 11.4. The first kappa shape index (κ1) is 14.1. The summed E-state index contributed by atoms with van der Waals surface area (Å²) in [6.07, 6.45) is 2.99. The molecular formula is C15H19ClN2O. The molecule has 0 spiro atoms. The van der Waals surface area contributed by atoms with Crippen molar-refractivity contribution in [1.29, 1.82) is 0 Å². The molecule has 4 heteroatoms. The Bertz CT molecular complexity index is 584. The summed E-state index contributed by atoms with van der Waals surface area (Å²) in [5.74, 6) is 0.824.